The standard InChI is InChI=1S/C25H29N3O8/c1-14(2)22(27-24(29)15-9-17(32-4)11-18(10-15)33-5)25(30)35-13-21-26-23(28-36-21)19-8-7-16(31-3)12-20(19)34-6/h7-12,14,22H,13H2,1-6H3,(H,27,29). The predicted octanol–water partition coefficient (Wildman–Crippen LogP) is 3.27. The second kappa shape index (κ2) is 11.9. The number of benzene rings is 2. The van der Waals surface area contributed by atoms with Gasteiger partial charge in [0.15, 0.2) is 6.61 Å². The maximum atomic E-state index is 12.8. The molecule has 1 heterocycles. The molecular weight excluding hydrogens is 470 g/mol. The number of carbonyl (C=O) groups is 2. The number of hydrogen-bond acceptors (Lipinski definition) is 10. The lowest BCUT2D eigenvalue weighted by atomic mass is 10.0. The van der Waals surface area contributed by atoms with Crippen molar-refractivity contribution in [3.8, 4) is 34.4 Å². The van der Waals surface area contributed by atoms with Gasteiger partial charge < -0.3 is 33.5 Å². The lowest BCUT2D eigenvalue weighted by Gasteiger charge is -2.20. The van der Waals surface area contributed by atoms with E-state index in [-0.39, 0.29) is 29.8 Å². The molecule has 0 saturated carbocycles. The Morgan fingerprint density at radius 3 is 2.17 bits per heavy atom. The third-order valence-electron chi connectivity index (χ3n) is 5.28. The molecule has 11 heteroatoms. The second-order valence-corrected chi connectivity index (χ2v) is 7.98. The molecule has 1 atom stereocenters. The van der Waals surface area contributed by atoms with Crippen molar-refractivity contribution in [1.82, 2.24) is 15.5 Å². The Balaban J connectivity index is 1.68. The molecule has 0 aliphatic rings. The molecule has 36 heavy (non-hydrogen) atoms. The van der Waals surface area contributed by atoms with Gasteiger partial charge in [0.1, 0.15) is 29.0 Å². The van der Waals surface area contributed by atoms with E-state index in [1.165, 1.54) is 21.3 Å². The lowest BCUT2D eigenvalue weighted by molar-refractivity contribution is -0.149. The first kappa shape index (κ1) is 26.3. The number of nitrogens with zero attached hydrogens (tertiary/aromatic N) is 2. The predicted molar refractivity (Wildman–Crippen MR) is 128 cm³/mol. The second-order valence-electron chi connectivity index (χ2n) is 7.98. The van der Waals surface area contributed by atoms with Crippen LogP contribution in [0.2, 0.25) is 0 Å². The Kier molecular flexibility index (Phi) is 8.71. The lowest BCUT2D eigenvalue weighted by Crippen LogP contribution is -2.45. The van der Waals surface area contributed by atoms with Gasteiger partial charge >= 0.3 is 5.97 Å². The molecule has 2 aromatic carbocycles. The minimum absolute atomic E-state index is 0.0857. The van der Waals surface area contributed by atoms with E-state index in [9.17, 15) is 9.59 Å². The normalized spacial score (nSPS) is 11.5. The largest absolute Gasteiger partial charge is 0.497 e. The van der Waals surface area contributed by atoms with Crippen LogP contribution >= 0.6 is 0 Å². The fourth-order valence-corrected chi connectivity index (χ4v) is 3.29. The van der Waals surface area contributed by atoms with Gasteiger partial charge in [0.2, 0.25) is 5.82 Å². The number of rotatable bonds is 11. The highest BCUT2D eigenvalue weighted by molar-refractivity contribution is 5.97. The molecular formula is C25H29N3O8. The number of methoxy groups -OCH3 is 4. The molecule has 1 aromatic heterocycles. The molecule has 11 nitrogen and oxygen atoms in total. The Morgan fingerprint density at radius 1 is 0.917 bits per heavy atom. The summed E-state index contributed by atoms with van der Waals surface area (Å²) < 4.78 is 31.6. The van der Waals surface area contributed by atoms with Gasteiger partial charge in [-0.25, -0.2) is 4.79 Å². The molecule has 1 N–H and O–H groups in total. The van der Waals surface area contributed by atoms with Gasteiger partial charge in [-0.2, -0.15) is 4.98 Å². The molecule has 0 saturated heterocycles. The Morgan fingerprint density at radius 2 is 1.58 bits per heavy atom. The molecule has 0 aliphatic heterocycles. The highest BCUT2D eigenvalue weighted by Crippen LogP contribution is 2.31. The summed E-state index contributed by atoms with van der Waals surface area (Å²) in [6, 6.07) is 8.99. The number of hydrogen-bond donors (Lipinski definition) is 1. The zero-order valence-electron chi connectivity index (χ0n) is 21.0. The van der Waals surface area contributed by atoms with E-state index in [2.05, 4.69) is 15.5 Å². The van der Waals surface area contributed by atoms with Crippen LogP contribution in [0.3, 0.4) is 0 Å². The molecule has 1 unspecified atom stereocenters. The summed E-state index contributed by atoms with van der Waals surface area (Å²) in [6.45, 7) is 3.31. The number of amides is 1. The molecule has 1 amide bonds. The van der Waals surface area contributed by atoms with Crippen LogP contribution in [-0.4, -0.2) is 56.5 Å². The highest BCUT2D eigenvalue weighted by atomic mass is 16.6. The van der Waals surface area contributed by atoms with Gasteiger partial charge in [-0.15, -0.1) is 0 Å². The van der Waals surface area contributed by atoms with E-state index in [1.54, 1.807) is 57.4 Å². The zero-order chi connectivity index (χ0) is 26.2. The number of aromatic nitrogens is 2. The Bertz CT molecular complexity index is 1190. The zero-order valence-corrected chi connectivity index (χ0v) is 21.0. The summed E-state index contributed by atoms with van der Waals surface area (Å²) in [5.41, 5.74) is 0.861. The molecule has 0 aliphatic carbocycles. The van der Waals surface area contributed by atoms with Crippen molar-refractivity contribution < 1.29 is 37.8 Å². The summed E-state index contributed by atoms with van der Waals surface area (Å²) in [4.78, 5) is 29.9. The van der Waals surface area contributed by atoms with E-state index in [0.717, 1.165) is 0 Å². The third-order valence-corrected chi connectivity index (χ3v) is 5.28. The van der Waals surface area contributed by atoms with Crippen LogP contribution in [0.15, 0.2) is 40.9 Å². The summed E-state index contributed by atoms with van der Waals surface area (Å²) in [5.74, 6) is 0.981. The van der Waals surface area contributed by atoms with Crippen molar-refractivity contribution in [2.45, 2.75) is 26.5 Å². The van der Waals surface area contributed by atoms with Crippen LogP contribution in [0.1, 0.15) is 30.1 Å². The van der Waals surface area contributed by atoms with Crippen LogP contribution in [0, 0.1) is 5.92 Å². The summed E-state index contributed by atoms with van der Waals surface area (Å²) in [7, 11) is 6.04. The van der Waals surface area contributed by atoms with Gasteiger partial charge in [0.05, 0.1) is 34.0 Å². The first-order valence-electron chi connectivity index (χ1n) is 11.0. The van der Waals surface area contributed by atoms with Crippen LogP contribution < -0.4 is 24.3 Å². The maximum absolute atomic E-state index is 12.8. The quantitative estimate of drug-likeness (QED) is 0.392. The van der Waals surface area contributed by atoms with E-state index in [0.29, 0.717) is 28.6 Å². The van der Waals surface area contributed by atoms with Gasteiger partial charge in [0.25, 0.3) is 11.8 Å². The van der Waals surface area contributed by atoms with Gasteiger partial charge in [0, 0.05) is 17.7 Å². The average molecular weight is 500 g/mol. The van der Waals surface area contributed by atoms with Crippen molar-refractivity contribution in [2.75, 3.05) is 28.4 Å². The van der Waals surface area contributed by atoms with Crippen molar-refractivity contribution in [1.29, 1.82) is 0 Å². The minimum Gasteiger partial charge on any atom is -0.497 e. The molecule has 3 aromatic rings. The van der Waals surface area contributed by atoms with Crippen molar-refractivity contribution in [3.63, 3.8) is 0 Å². The summed E-state index contributed by atoms with van der Waals surface area (Å²) in [6.07, 6.45) is 0. The third kappa shape index (κ3) is 6.23. The van der Waals surface area contributed by atoms with Crippen molar-refractivity contribution in [2.24, 2.45) is 5.92 Å². The fraction of sp³-hybridized carbons (Fsp3) is 0.360. The van der Waals surface area contributed by atoms with Crippen LogP contribution in [0.4, 0.5) is 0 Å². The van der Waals surface area contributed by atoms with Gasteiger partial charge in [-0.1, -0.05) is 19.0 Å². The fourth-order valence-electron chi connectivity index (χ4n) is 3.29. The van der Waals surface area contributed by atoms with Gasteiger partial charge in [-0.05, 0) is 30.2 Å². The maximum Gasteiger partial charge on any atom is 0.329 e. The minimum atomic E-state index is -0.918. The van der Waals surface area contributed by atoms with Crippen LogP contribution in [0.5, 0.6) is 23.0 Å². The molecule has 192 valence electrons. The monoisotopic (exact) mass is 499 g/mol. The number of nitrogens with one attached hydrogen (secondary N) is 1. The van der Waals surface area contributed by atoms with Crippen LogP contribution in [0.25, 0.3) is 11.4 Å². The first-order valence-corrected chi connectivity index (χ1v) is 11.0. The Hall–Kier alpha value is -4.28. The molecule has 0 bridgehead atoms. The summed E-state index contributed by atoms with van der Waals surface area (Å²) >= 11 is 0. The molecule has 0 spiro atoms. The van der Waals surface area contributed by atoms with Crippen molar-refractivity contribution in [3.05, 3.63) is 47.9 Å². The SMILES string of the molecule is COc1cc(OC)cc(C(=O)NC(C(=O)OCc2nc(-c3ccc(OC)cc3OC)no2)C(C)C)c1. The van der Waals surface area contributed by atoms with E-state index >= 15 is 0 Å². The smallest absolute Gasteiger partial charge is 0.329 e. The van der Waals surface area contributed by atoms with Gasteiger partial charge in [-0.3, -0.25) is 4.79 Å². The summed E-state index contributed by atoms with van der Waals surface area (Å²) in [5, 5.41) is 6.65. The highest BCUT2D eigenvalue weighted by Gasteiger charge is 2.27. The molecule has 0 radical (unpaired) electrons. The van der Waals surface area contributed by atoms with E-state index in [4.69, 9.17) is 28.2 Å². The average Bonchev–Trinajstić information content (AvgIpc) is 3.37. The molecule has 0 fully saturated rings. The van der Waals surface area contributed by atoms with Crippen LogP contribution in [-0.2, 0) is 16.1 Å². The Labute approximate surface area is 208 Å². The van der Waals surface area contributed by atoms with Crippen molar-refractivity contribution >= 4 is 11.9 Å². The number of esters is 1. The number of carbonyl (C=O) groups excluding carboxylic acids is 2. The van der Waals surface area contributed by atoms with E-state index in [1.807, 2.05) is 0 Å². The molecule has 3 rings (SSSR count). The number of ether oxygens (including phenoxy) is 5. The van der Waals surface area contributed by atoms with E-state index < -0.39 is 17.9 Å². The topological polar surface area (TPSA) is 131 Å². The first-order chi connectivity index (χ1) is 17.3.